The molecule has 0 amide bonds. The van der Waals surface area contributed by atoms with Gasteiger partial charge < -0.3 is 0 Å². The Labute approximate surface area is 274 Å². The minimum Gasteiger partial charge on any atom is -0.244 e. The average molecular weight is 611 g/mol. The topological polar surface area (TPSA) is 95.2 Å². The molecule has 5 rings (SSSR count). The van der Waals surface area contributed by atoms with Gasteiger partial charge >= 0.3 is 0 Å². The van der Waals surface area contributed by atoms with Crippen molar-refractivity contribution in [3.63, 3.8) is 0 Å². The van der Waals surface area contributed by atoms with E-state index in [1.807, 2.05) is 66.8 Å². The smallest absolute Gasteiger partial charge is 0.168 e. The van der Waals surface area contributed by atoms with Gasteiger partial charge in [0.05, 0.1) is 24.3 Å². The summed E-state index contributed by atoms with van der Waals surface area (Å²) in [6.45, 7) is 13.7. The summed E-state index contributed by atoms with van der Waals surface area (Å²) < 4.78 is 14.7. The quantitative estimate of drug-likeness (QED) is 0.250. The Morgan fingerprint density at radius 2 is 1.46 bits per heavy atom. The number of nitriles is 4. The summed E-state index contributed by atoms with van der Waals surface area (Å²) in [5.74, 6) is 0.169. The second kappa shape index (κ2) is 13.7. The van der Waals surface area contributed by atoms with E-state index in [4.69, 9.17) is 0 Å². The Morgan fingerprint density at radius 1 is 0.848 bits per heavy atom. The SMILES string of the molecule is C=C/C=C(\C=C)C1C=CCC(C#N)(C#N)C2=CC(C)(C)CC[C@H]21.CC1(F)CC=C2[C@@H](C1)C(c1ccccc1)C=CCC2(C#N)C#N. The summed E-state index contributed by atoms with van der Waals surface area (Å²) in [6, 6.07) is 19.0. The Balaban J connectivity index is 0.000000209. The van der Waals surface area contributed by atoms with E-state index in [0.29, 0.717) is 19.3 Å². The molecule has 0 fully saturated rings. The van der Waals surface area contributed by atoms with Gasteiger partial charge in [0.2, 0.25) is 0 Å². The van der Waals surface area contributed by atoms with Crippen molar-refractivity contribution in [1.82, 2.24) is 0 Å². The molecule has 1 aromatic carbocycles. The molecule has 3 unspecified atom stereocenters. The van der Waals surface area contributed by atoms with Gasteiger partial charge in [-0.15, -0.1) is 0 Å². The molecule has 0 spiro atoms. The third kappa shape index (κ3) is 6.76. The number of rotatable bonds is 4. The van der Waals surface area contributed by atoms with Crippen LogP contribution in [0.25, 0.3) is 0 Å². The van der Waals surface area contributed by atoms with Crippen LogP contribution in [-0.4, -0.2) is 5.67 Å². The van der Waals surface area contributed by atoms with E-state index in [0.717, 1.165) is 35.1 Å². The first-order valence-electron chi connectivity index (χ1n) is 16.1. The van der Waals surface area contributed by atoms with Gasteiger partial charge in [-0.3, -0.25) is 0 Å². The first kappa shape index (κ1) is 34.2. The molecule has 0 heterocycles. The zero-order valence-electron chi connectivity index (χ0n) is 27.2. The second-order valence-electron chi connectivity index (χ2n) is 13.9. The van der Waals surface area contributed by atoms with Gasteiger partial charge in [0.1, 0.15) is 5.67 Å². The second-order valence-corrected chi connectivity index (χ2v) is 13.9. The zero-order chi connectivity index (χ0) is 33.6. The van der Waals surface area contributed by atoms with Crippen LogP contribution in [0.3, 0.4) is 0 Å². The maximum atomic E-state index is 14.7. The molecule has 0 bridgehead atoms. The van der Waals surface area contributed by atoms with Crippen LogP contribution in [0, 0.1) is 79.3 Å². The number of nitrogens with zero attached hydrogens (tertiary/aromatic N) is 4. The first-order chi connectivity index (χ1) is 21.9. The minimum atomic E-state index is -1.30. The minimum absolute atomic E-state index is 0.00130. The first-order valence-corrected chi connectivity index (χ1v) is 16.1. The summed E-state index contributed by atoms with van der Waals surface area (Å²) in [4.78, 5) is 0. The predicted octanol–water partition coefficient (Wildman–Crippen LogP) is 10.1. The average Bonchev–Trinajstić information content (AvgIpc) is 3.31. The normalized spacial score (nSPS) is 30.1. The van der Waals surface area contributed by atoms with Crippen molar-refractivity contribution >= 4 is 0 Å². The summed E-state index contributed by atoms with van der Waals surface area (Å²) in [5.41, 5.74) is 0.506. The highest BCUT2D eigenvalue weighted by atomic mass is 19.1. The molecule has 4 aliphatic carbocycles. The molecule has 1 aromatic rings. The summed E-state index contributed by atoms with van der Waals surface area (Å²) in [5, 5.41) is 38.8. The molecule has 0 saturated heterocycles. The number of halogens is 1. The monoisotopic (exact) mass is 610 g/mol. The number of benzene rings is 1. The van der Waals surface area contributed by atoms with Crippen LogP contribution >= 0.6 is 0 Å². The van der Waals surface area contributed by atoms with Crippen LogP contribution in [-0.2, 0) is 0 Å². The maximum Gasteiger partial charge on any atom is 0.168 e. The zero-order valence-corrected chi connectivity index (χ0v) is 27.2. The molecule has 5 atom stereocenters. The maximum absolute atomic E-state index is 14.7. The van der Waals surface area contributed by atoms with Gasteiger partial charge in [-0.05, 0) is 72.1 Å². The third-order valence-corrected chi connectivity index (χ3v) is 10.1. The van der Waals surface area contributed by atoms with Crippen LogP contribution in [0.1, 0.15) is 70.8 Å². The van der Waals surface area contributed by atoms with Gasteiger partial charge in [0.25, 0.3) is 0 Å². The van der Waals surface area contributed by atoms with Crippen molar-refractivity contribution < 1.29 is 4.39 Å². The van der Waals surface area contributed by atoms with Gasteiger partial charge in [0.15, 0.2) is 10.8 Å². The van der Waals surface area contributed by atoms with Crippen LogP contribution < -0.4 is 0 Å². The molecule has 0 aliphatic heterocycles. The number of alkyl halides is 1. The van der Waals surface area contributed by atoms with Crippen molar-refractivity contribution in [2.75, 3.05) is 0 Å². The lowest BCUT2D eigenvalue weighted by atomic mass is 9.62. The molecule has 0 saturated carbocycles. The van der Waals surface area contributed by atoms with Gasteiger partial charge in [0, 0.05) is 24.7 Å². The van der Waals surface area contributed by atoms with E-state index in [2.05, 4.69) is 63.4 Å². The number of hydrogen-bond donors (Lipinski definition) is 0. The van der Waals surface area contributed by atoms with Gasteiger partial charge in [-0.2, -0.15) is 21.0 Å². The lowest BCUT2D eigenvalue weighted by Gasteiger charge is -2.39. The molecule has 234 valence electrons. The van der Waals surface area contributed by atoms with Crippen LogP contribution in [0.2, 0.25) is 0 Å². The van der Waals surface area contributed by atoms with E-state index < -0.39 is 16.5 Å². The highest BCUT2D eigenvalue weighted by Gasteiger charge is 2.48. The van der Waals surface area contributed by atoms with Crippen LogP contribution in [0.5, 0.6) is 0 Å². The summed E-state index contributed by atoms with van der Waals surface area (Å²) in [7, 11) is 0. The lowest BCUT2D eigenvalue weighted by molar-refractivity contribution is 0.137. The lowest BCUT2D eigenvalue weighted by Crippen LogP contribution is -2.35. The van der Waals surface area contributed by atoms with Crippen molar-refractivity contribution in [2.24, 2.45) is 34.0 Å². The third-order valence-electron chi connectivity index (χ3n) is 10.1. The number of allylic oxidation sites excluding steroid dienone is 12. The van der Waals surface area contributed by atoms with Gasteiger partial charge in [-0.25, -0.2) is 4.39 Å². The van der Waals surface area contributed by atoms with Crippen molar-refractivity contribution in [2.45, 2.75) is 70.9 Å². The Bertz CT molecular complexity index is 1630. The van der Waals surface area contributed by atoms with Gasteiger partial charge in [-0.1, -0.05) is 112 Å². The Kier molecular flexibility index (Phi) is 10.2. The van der Waals surface area contributed by atoms with Crippen LogP contribution in [0.15, 0.2) is 115 Å². The Morgan fingerprint density at radius 3 is 2.04 bits per heavy atom. The molecule has 4 nitrogen and oxygen atoms in total. The Hall–Kier alpha value is -4.71. The fourth-order valence-electron chi connectivity index (χ4n) is 7.62. The van der Waals surface area contributed by atoms with E-state index in [1.165, 1.54) is 0 Å². The van der Waals surface area contributed by atoms with E-state index in [9.17, 15) is 25.4 Å². The molecule has 46 heavy (non-hydrogen) atoms. The molecule has 0 N–H and O–H groups in total. The van der Waals surface area contributed by atoms with Crippen molar-refractivity contribution in [3.8, 4) is 24.3 Å². The number of fused-ring (bicyclic) bond motifs is 2. The largest absolute Gasteiger partial charge is 0.244 e. The van der Waals surface area contributed by atoms with Crippen molar-refractivity contribution in [3.05, 3.63) is 120 Å². The molecule has 4 aliphatic rings. The van der Waals surface area contributed by atoms with Crippen molar-refractivity contribution in [1.29, 1.82) is 21.0 Å². The molecule has 5 heteroatoms. The molecule has 0 aromatic heterocycles. The van der Waals surface area contributed by atoms with E-state index in [1.54, 1.807) is 13.0 Å². The van der Waals surface area contributed by atoms with Crippen LogP contribution in [0.4, 0.5) is 4.39 Å². The standard InChI is InChI=1S/C21H24N2.C20H19FN2/c1-5-8-16(6-2)17-9-7-11-21(14-22,15-23)19-13-20(3,4)12-10-18(17)19;1-19(21)11-9-18-17(12-19)16(15-6-3-2-4-7-15)8-5-10-20(18,13-22)14-23/h5-9,13,17-18H,1-2,10-12H2,3-4H3;2-9,16-17H,10-12H2,1H3/b16-8+;/t17?,18-;16?,17-,19?/m00/s1. The van der Waals surface area contributed by atoms with E-state index in [-0.39, 0.29) is 35.5 Å². The molecular formula is C41H43FN4. The van der Waals surface area contributed by atoms with E-state index >= 15 is 0 Å². The fraction of sp³-hybridized carbons (Fsp3) is 0.415. The predicted molar refractivity (Wildman–Crippen MR) is 181 cm³/mol. The molecular weight excluding hydrogens is 567 g/mol. The number of hydrogen-bond acceptors (Lipinski definition) is 4. The fourth-order valence-corrected chi connectivity index (χ4v) is 7.62. The highest BCUT2D eigenvalue weighted by Crippen LogP contribution is 2.53. The summed E-state index contributed by atoms with van der Waals surface area (Å²) in [6.07, 6.45) is 21.2. The molecule has 0 radical (unpaired) electrons. The highest BCUT2D eigenvalue weighted by molar-refractivity contribution is 5.45. The summed E-state index contributed by atoms with van der Waals surface area (Å²) >= 11 is 0.